The van der Waals surface area contributed by atoms with Crippen LogP contribution in [0.4, 0.5) is 5.69 Å². The van der Waals surface area contributed by atoms with Gasteiger partial charge in [-0.05, 0) is 79.9 Å². The Hall–Kier alpha value is -2.72. The van der Waals surface area contributed by atoms with Crippen LogP contribution in [-0.4, -0.2) is 89.4 Å². The fraction of sp³-hybridized carbons (Fsp3) is 0.485. The van der Waals surface area contributed by atoms with Crippen molar-refractivity contribution < 1.29 is 9.59 Å². The van der Waals surface area contributed by atoms with E-state index in [9.17, 15) is 9.59 Å². The summed E-state index contributed by atoms with van der Waals surface area (Å²) in [5, 5.41) is 5.30. The van der Waals surface area contributed by atoms with Gasteiger partial charge in [0.2, 0.25) is 5.91 Å². The molecule has 2 aromatic carbocycles. The van der Waals surface area contributed by atoms with E-state index in [1.807, 2.05) is 53.2 Å². The number of aliphatic imine (C=N–C) groups is 1. The summed E-state index contributed by atoms with van der Waals surface area (Å²) in [7, 11) is 3.93. The Morgan fingerprint density at radius 1 is 1.05 bits per heavy atom. The van der Waals surface area contributed by atoms with E-state index >= 15 is 0 Å². The third kappa shape index (κ3) is 5.40. The molecule has 2 amide bonds. The Balaban J connectivity index is 1.39. The quantitative estimate of drug-likeness (QED) is 0.409. The maximum absolute atomic E-state index is 14.4. The van der Waals surface area contributed by atoms with Crippen molar-refractivity contribution in [1.29, 1.82) is 0 Å². The molecule has 2 fully saturated rings. The third-order valence-corrected chi connectivity index (χ3v) is 11.0. The van der Waals surface area contributed by atoms with Crippen LogP contribution < -0.4 is 5.32 Å². The summed E-state index contributed by atoms with van der Waals surface area (Å²) < 4.78 is 0. The molecule has 0 unspecified atom stereocenters. The molecule has 6 rings (SSSR count). The molecule has 8 nitrogen and oxygen atoms in total. The van der Waals surface area contributed by atoms with E-state index in [-0.39, 0.29) is 23.8 Å². The number of allylic oxidation sites excluding steroid dienone is 1. The molecule has 4 heterocycles. The van der Waals surface area contributed by atoms with Crippen LogP contribution in [0.3, 0.4) is 0 Å². The highest BCUT2D eigenvalue weighted by Crippen LogP contribution is 2.56. The topological polar surface area (TPSA) is 71.5 Å². The molecule has 234 valence electrons. The second kappa shape index (κ2) is 12.2. The number of carbonyl (C=O) groups is 2. The number of piperazine rings is 1. The smallest absolute Gasteiger partial charge is 0.263 e. The standard InChI is InChI=1S/C33H40Cl2N6O2S/c1-20(2)27-28(31(43)40-14-6-7-26(40)30(42)39-17-15-38(5)16-18-39)44-32-37-33(3,22-10-13-24(35)25(19-22)36-4)29(41(27)32)21-8-11-23(34)12-9-21/h8-13,19-20,26,29,36H,6-7,14-18H2,1-5H3/t26-,29+,33-/m0/s1. The molecule has 2 aromatic rings. The van der Waals surface area contributed by atoms with E-state index in [1.165, 1.54) is 11.8 Å². The maximum atomic E-state index is 14.4. The average Bonchev–Trinajstić information content (AvgIpc) is 3.70. The highest BCUT2D eigenvalue weighted by atomic mass is 35.5. The third-order valence-electron chi connectivity index (χ3n) is 9.37. The van der Waals surface area contributed by atoms with Crippen molar-refractivity contribution in [3.05, 3.63) is 74.2 Å². The fourth-order valence-corrected chi connectivity index (χ4v) is 8.64. The molecule has 4 aliphatic rings. The van der Waals surface area contributed by atoms with Crippen molar-refractivity contribution >= 4 is 57.6 Å². The van der Waals surface area contributed by atoms with Crippen molar-refractivity contribution in [3.63, 3.8) is 0 Å². The Kier molecular flexibility index (Phi) is 8.69. The highest BCUT2D eigenvalue weighted by Gasteiger charge is 2.54. The van der Waals surface area contributed by atoms with Gasteiger partial charge in [-0.2, -0.15) is 0 Å². The van der Waals surface area contributed by atoms with Crippen molar-refractivity contribution in [2.24, 2.45) is 10.9 Å². The lowest BCUT2D eigenvalue weighted by molar-refractivity contribution is -0.143. The van der Waals surface area contributed by atoms with Gasteiger partial charge >= 0.3 is 0 Å². The molecule has 11 heteroatoms. The first-order valence-corrected chi connectivity index (χ1v) is 16.9. The minimum atomic E-state index is -0.672. The largest absolute Gasteiger partial charge is 0.387 e. The Labute approximate surface area is 274 Å². The molecule has 4 aliphatic heterocycles. The first kappa shape index (κ1) is 31.3. The second-order valence-corrected chi connectivity index (χ2v) is 14.4. The Morgan fingerprint density at radius 2 is 1.75 bits per heavy atom. The number of fused-ring (bicyclic) bond motifs is 1. The summed E-state index contributed by atoms with van der Waals surface area (Å²) >= 11 is 14.3. The summed E-state index contributed by atoms with van der Waals surface area (Å²) in [5.74, 6) is 0.0475. The number of benzene rings is 2. The monoisotopic (exact) mass is 654 g/mol. The van der Waals surface area contributed by atoms with Gasteiger partial charge in [-0.25, -0.2) is 4.99 Å². The molecule has 3 atom stereocenters. The second-order valence-electron chi connectivity index (χ2n) is 12.6. The van der Waals surface area contributed by atoms with Gasteiger partial charge in [0, 0.05) is 50.5 Å². The molecular formula is C33H40Cl2N6O2S. The number of nitrogens with one attached hydrogen (secondary N) is 1. The average molecular weight is 656 g/mol. The number of hydrogen-bond donors (Lipinski definition) is 1. The van der Waals surface area contributed by atoms with Gasteiger partial charge in [0.05, 0.1) is 16.8 Å². The number of amidine groups is 1. The summed E-state index contributed by atoms with van der Waals surface area (Å²) in [4.78, 5) is 42.4. The molecule has 0 spiro atoms. The molecule has 0 bridgehead atoms. The summed E-state index contributed by atoms with van der Waals surface area (Å²) in [6, 6.07) is 13.3. The summed E-state index contributed by atoms with van der Waals surface area (Å²) in [6.45, 7) is 10.1. The van der Waals surface area contributed by atoms with Gasteiger partial charge in [-0.15, -0.1) is 0 Å². The van der Waals surface area contributed by atoms with Crippen LogP contribution >= 0.6 is 35.0 Å². The predicted molar refractivity (Wildman–Crippen MR) is 180 cm³/mol. The van der Waals surface area contributed by atoms with E-state index in [4.69, 9.17) is 28.2 Å². The van der Waals surface area contributed by atoms with Crippen LogP contribution in [0.1, 0.15) is 50.8 Å². The van der Waals surface area contributed by atoms with Crippen LogP contribution in [0.25, 0.3) is 0 Å². The molecule has 44 heavy (non-hydrogen) atoms. The lowest BCUT2D eigenvalue weighted by Crippen LogP contribution is -2.53. The summed E-state index contributed by atoms with van der Waals surface area (Å²) in [6.07, 6.45) is 1.53. The van der Waals surface area contributed by atoms with Gasteiger partial charge in [0.15, 0.2) is 5.17 Å². The lowest BCUT2D eigenvalue weighted by Gasteiger charge is -2.37. The number of nitrogens with zero attached hydrogens (tertiary/aromatic N) is 5. The van der Waals surface area contributed by atoms with Crippen LogP contribution in [0.5, 0.6) is 0 Å². The highest BCUT2D eigenvalue weighted by molar-refractivity contribution is 8.18. The number of anilines is 1. The van der Waals surface area contributed by atoms with Crippen LogP contribution in [-0.2, 0) is 15.1 Å². The number of likely N-dealkylation sites (N-methyl/N-ethyl adjacent to an activating group) is 1. The van der Waals surface area contributed by atoms with Gasteiger partial charge in [0.1, 0.15) is 16.5 Å². The Bertz CT molecular complexity index is 1520. The molecule has 0 aromatic heterocycles. The van der Waals surface area contributed by atoms with E-state index in [0.29, 0.717) is 41.0 Å². The van der Waals surface area contributed by atoms with Crippen molar-refractivity contribution in [2.45, 2.75) is 51.2 Å². The fourth-order valence-electron chi connectivity index (χ4n) is 6.94. The van der Waals surface area contributed by atoms with Gasteiger partial charge in [0.25, 0.3) is 5.91 Å². The molecule has 2 saturated heterocycles. The molecule has 0 saturated carbocycles. The van der Waals surface area contributed by atoms with E-state index in [0.717, 1.165) is 47.2 Å². The van der Waals surface area contributed by atoms with E-state index in [1.54, 1.807) is 0 Å². The number of rotatable bonds is 6. The van der Waals surface area contributed by atoms with Crippen LogP contribution in [0.15, 0.2) is 58.1 Å². The van der Waals surface area contributed by atoms with Gasteiger partial charge < -0.3 is 24.9 Å². The molecule has 0 aliphatic carbocycles. The minimum Gasteiger partial charge on any atom is -0.387 e. The molecular weight excluding hydrogens is 615 g/mol. The Morgan fingerprint density at radius 3 is 2.41 bits per heavy atom. The number of likely N-dealkylation sites (tertiary alicyclic amines) is 1. The first-order chi connectivity index (χ1) is 21.0. The first-order valence-electron chi connectivity index (χ1n) is 15.4. The normalized spacial score (nSPS) is 25.6. The van der Waals surface area contributed by atoms with E-state index < -0.39 is 11.6 Å². The minimum absolute atomic E-state index is 0.0405. The zero-order valence-corrected chi connectivity index (χ0v) is 28.3. The maximum Gasteiger partial charge on any atom is 0.263 e. The van der Waals surface area contributed by atoms with Gasteiger partial charge in [-0.3, -0.25) is 9.59 Å². The number of hydrogen-bond acceptors (Lipinski definition) is 7. The predicted octanol–water partition coefficient (Wildman–Crippen LogP) is 6.04. The lowest BCUT2D eigenvalue weighted by atomic mass is 9.81. The van der Waals surface area contributed by atoms with Crippen LogP contribution in [0.2, 0.25) is 10.0 Å². The zero-order chi connectivity index (χ0) is 31.3. The zero-order valence-electron chi connectivity index (χ0n) is 25.9. The van der Waals surface area contributed by atoms with Crippen LogP contribution in [0, 0.1) is 5.92 Å². The summed E-state index contributed by atoms with van der Waals surface area (Å²) in [5.41, 5.74) is 3.17. The number of carbonyl (C=O) groups excluding carboxylic acids is 2. The number of amides is 2. The van der Waals surface area contributed by atoms with E-state index in [2.05, 4.69) is 49.0 Å². The van der Waals surface area contributed by atoms with Gasteiger partial charge in [-0.1, -0.05) is 55.2 Å². The molecule has 1 N–H and O–H groups in total. The molecule has 0 radical (unpaired) electrons. The van der Waals surface area contributed by atoms with Crippen molar-refractivity contribution in [1.82, 2.24) is 19.6 Å². The van der Waals surface area contributed by atoms with Crippen molar-refractivity contribution in [2.75, 3.05) is 52.1 Å². The number of halogens is 2. The SMILES string of the molecule is CNc1cc([C@]2(C)N=C3SC(C(=O)N4CCC[C@H]4C(=O)N4CCN(C)CC4)=C(C(C)C)N3[C@@H]2c2ccc(Cl)cc2)ccc1Cl. The van der Waals surface area contributed by atoms with Crippen molar-refractivity contribution in [3.8, 4) is 0 Å². The number of thioether (sulfide) groups is 1.